The van der Waals surface area contributed by atoms with Crippen LogP contribution in [0.25, 0.3) is 11.3 Å². The number of carbonyl (C=O) groups excluding carboxylic acids is 1. The van der Waals surface area contributed by atoms with Crippen LogP contribution in [0.4, 0.5) is 17.7 Å². The Balaban J connectivity index is 1.40. The van der Waals surface area contributed by atoms with Gasteiger partial charge in [0.1, 0.15) is 17.5 Å². The van der Waals surface area contributed by atoms with Crippen LogP contribution in [-0.4, -0.2) is 39.5 Å². The molecule has 0 bridgehead atoms. The first kappa shape index (κ1) is 17.7. The SMILES string of the molecule is Cc1ccnc(Nc2cccc(-c3coc(N4CCNC(=O)C45CCC5)n3)c2)n1. The zero-order valence-electron chi connectivity index (χ0n) is 16.2. The number of benzene rings is 1. The van der Waals surface area contributed by atoms with Gasteiger partial charge in [0.15, 0.2) is 0 Å². The molecule has 1 saturated carbocycles. The molecule has 148 valence electrons. The van der Waals surface area contributed by atoms with E-state index in [2.05, 4.69) is 20.6 Å². The van der Waals surface area contributed by atoms with Gasteiger partial charge in [0.2, 0.25) is 11.9 Å². The number of piperazine rings is 1. The smallest absolute Gasteiger partial charge is 0.298 e. The van der Waals surface area contributed by atoms with E-state index in [4.69, 9.17) is 9.40 Å². The number of anilines is 3. The Hall–Kier alpha value is -3.42. The van der Waals surface area contributed by atoms with Crippen LogP contribution in [0.2, 0.25) is 0 Å². The number of nitrogens with zero attached hydrogens (tertiary/aromatic N) is 4. The maximum Gasteiger partial charge on any atom is 0.298 e. The maximum atomic E-state index is 12.5. The van der Waals surface area contributed by atoms with E-state index in [-0.39, 0.29) is 5.91 Å². The second-order valence-electron chi connectivity index (χ2n) is 7.54. The fourth-order valence-corrected chi connectivity index (χ4v) is 3.99. The number of rotatable bonds is 4. The van der Waals surface area contributed by atoms with Crippen LogP contribution in [0.15, 0.2) is 47.2 Å². The minimum absolute atomic E-state index is 0.0825. The van der Waals surface area contributed by atoms with Crippen molar-refractivity contribution < 1.29 is 9.21 Å². The molecule has 1 aromatic carbocycles. The topological polar surface area (TPSA) is 96.2 Å². The highest BCUT2D eigenvalue weighted by atomic mass is 16.4. The first-order valence-corrected chi connectivity index (χ1v) is 9.83. The predicted octanol–water partition coefficient (Wildman–Crippen LogP) is 3.04. The summed E-state index contributed by atoms with van der Waals surface area (Å²) in [4.78, 5) is 27.8. The molecule has 3 aromatic rings. The number of carbonyl (C=O) groups is 1. The average molecular weight is 390 g/mol. The van der Waals surface area contributed by atoms with Gasteiger partial charge in [-0.25, -0.2) is 9.97 Å². The zero-order chi connectivity index (χ0) is 19.8. The number of amides is 1. The highest BCUT2D eigenvalue weighted by molar-refractivity contribution is 5.91. The fraction of sp³-hybridized carbons (Fsp3) is 0.333. The largest absolute Gasteiger partial charge is 0.431 e. The van der Waals surface area contributed by atoms with Gasteiger partial charge in [-0.05, 0) is 44.4 Å². The Kier molecular flexibility index (Phi) is 4.19. The van der Waals surface area contributed by atoms with E-state index in [1.54, 1.807) is 12.5 Å². The lowest BCUT2D eigenvalue weighted by Gasteiger charge is -2.50. The second-order valence-corrected chi connectivity index (χ2v) is 7.54. The second kappa shape index (κ2) is 6.88. The van der Waals surface area contributed by atoms with Crippen molar-refractivity contribution in [3.05, 3.63) is 48.5 Å². The van der Waals surface area contributed by atoms with Crippen molar-refractivity contribution in [3.63, 3.8) is 0 Å². The number of hydrogen-bond donors (Lipinski definition) is 2. The van der Waals surface area contributed by atoms with Gasteiger partial charge in [0.05, 0.1) is 0 Å². The molecule has 0 atom stereocenters. The maximum absolute atomic E-state index is 12.5. The molecule has 8 nitrogen and oxygen atoms in total. The lowest BCUT2D eigenvalue weighted by atomic mass is 9.73. The highest BCUT2D eigenvalue weighted by Gasteiger charge is 2.52. The van der Waals surface area contributed by atoms with Crippen molar-refractivity contribution in [2.24, 2.45) is 0 Å². The Labute approximate surface area is 168 Å². The summed E-state index contributed by atoms with van der Waals surface area (Å²) < 4.78 is 5.80. The summed E-state index contributed by atoms with van der Waals surface area (Å²) in [7, 11) is 0. The number of aryl methyl sites for hydroxylation is 1. The Morgan fingerprint density at radius 1 is 1.24 bits per heavy atom. The monoisotopic (exact) mass is 390 g/mol. The Morgan fingerprint density at radius 2 is 2.14 bits per heavy atom. The van der Waals surface area contributed by atoms with E-state index in [1.165, 1.54) is 0 Å². The van der Waals surface area contributed by atoms with Gasteiger partial charge < -0.3 is 20.0 Å². The first-order chi connectivity index (χ1) is 14.1. The molecule has 8 heteroatoms. The van der Waals surface area contributed by atoms with E-state index in [0.717, 1.165) is 41.9 Å². The van der Waals surface area contributed by atoms with E-state index in [9.17, 15) is 4.79 Å². The number of aromatic nitrogens is 3. The molecule has 29 heavy (non-hydrogen) atoms. The number of hydrogen-bond acceptors (Lipinski definition) is 7. The molecule has 1 aliphatic carbocycles. The molecule has 2 aromatic heterocycles. The number of nitrogens with one attached hydrogen (secondary N) is 2. The minimum Gasteiger partial charge on any atom is -0.431 e. The zero-order valence-corrected chi connectivity index (χ0v) is 16.2. The highest BCUT2D eigenvalue weighted by Crippen LogP contribution is 2.42. The van der Waals surface area contributed by atoms with Crippen LogP contribution in [0, 0.1) is 6.92 Å². The van der Waals surface area contributed by atoms with Crippen LogP contribution in [0.5, 0.6) is 0 Å². The van der Waals surface area contributed by atoms with Crippen molar-refractivity contribution in [1.29, 1.82) is 0 Å². The first-order valence-electron chi connectivity index (χ1n) is 9.83. The third-order valence-electron chi connectivity index (χ3n) is 5.67. The molecule has 5 rings (SSSR count). The quantitative estimate of drug-likeness (QED) is 0.707. The normalized spacial score (nSPS) is 17.7. The van der Waals surface area contributed by atoms with E-state index < -0.39 is 5.54 Å². The van der Waals surface area contributed by atoms with Gasteiger partial charge in [-0.3, -0.25) is 4.79 Å². The molecule has 1 amide bonds. The molecule has 1 spiro atoms. The lowest BCUT2D eigenvalue weighted by Crippen LogP contribution is -2.68. The molecular weight excluding hydrogens is 368 g/mol. The third-order valence-corrected chi connectivity index (χ3v) is 5.67. The van der Waals surface area contributed by atoms with E-state index in [1.807, 2.05) is 42.2 Å². The van der Waals surface area contributed by atoms with Gasteiger partial charge in [-0.15, -0.1) is 0 Å². The van der Waals surface area contributed by atoms with Crippen LogP contribution in [0.3, 0.4) is 0 Å². The van der Waals surface area contributed by atoms with Crippen molar-refractivity contribution in [3.8, 4) is 11.3 Å². The lowest BCUT2D eigenvalue weighted by molar-refractivity contribution is -0.131. The molecular formula is C21H22N6O2. The van der Waals surface area contributed by atoms with Crippen LogP contribution in [0.1, 0.15) is 25.0 Å². The molecule has 0 unspecified atom stereocenters. The van der Waals surface area contributed by atoms with Crippen molar-refractivity contribution in [2.75, 3.05) is 23.3 Å². The molecule has 2 fully saturated rings. The van der Waals surface area contributed by atoms with Crippen molar-refractivity contribution in [1.82, 2.24) is 20.3 Å². The average Bonchev–Trinajstić information content (AvgIpc) is 3.17. The molecule has 0 radical (unpaired) electrons. The Bertz CT molecular complexity index is 1060. The summed E-state index contributed by atoms with van der Waals surface area (Å²) in [6, 6.07) is 10.2. The van der Waals surface area contributed by atoms with E-state index >= 15 is 0 Å². The van der Waals surface area contributed by atoms with Gasteiger partial charge in [0.25, 0.3) is 6.01 Å². The minimum atomic E-state index is -0.494. The summed E-state index contributed by atoms with van der Waals surface area (Å²) in [5.74, 6) is 0.633. The summed E-state index contributed by atoms with van der Waals surface area (Å²) in [5.41, 5.74) is 2.92. The van der Waals surface area contributed by atoms with Gasteiger partial charge in [-0.1, -0.05) is 12.1 Å². The van der Waals surface area contributed by atoms with Gasteiger partial charge in [0, 0.05) is 36.2 Å². The molecule has 2 N–H and O–H groups in total. The van der Waals surface area contributed by atoms with Gasteiger partial charge >= 0.3 is 0 Å². The number of oxazole rings is 1. The van der Waals surface area contributed by atoms with Crippen molar-refractivity contribution in [2.45, 2.75) is 31.7 Å². The summed E-state index contributed by atoms with van der Waals surface area (Å²) in [5, 5.41) is 6.20. The molecule has 1 saturated heterocycles. The molecule has 2 aliphatic rings. The Morgan fingerprint density at radius 3 is 2.93 bits per heavy atom. The van der Waals surface area contributed by atoms with Crippen LogP contribution in [-0.2, 0) is 4.79 Å². The van der Waals surface area contributed by atoms with E-state index in [0.29, 0.717) is 25.1 Å². The molecule has 1 aliphatic heterocycles. The fourth-order valence-electron chi connectivity index (χ4n) is 3.99. The summed E-state index contributed by atoms with van der Waals surface area (Å²) >= 11 is 0. The summed E-state index contributed by atoms with van der Waals surface area (Å²) in [6.45, 7) is 3.24. The van der Waals surface area contributed by atoms with Gasteiger partial charge in [-0.2, -0.15) is 4.98 Å². The summed E-state index contributed by atoms with van der Waals surface area (Å²) in [6.07, 6.45) is 6.10. The standard InChI is InChI=1S/C21H22N6O2/c1-14-6-9-23-19(24-14)25-16-5-2-4-15(12-16)17-13-29-20(26-17)27-11-10-22-18(28)21(27)7-3-8-21/h2,4-6,9,12-13H,3,7-8,10-11H2,1H3,(H,22,28)(H,23,24,25). The van der Waals surface area contributed by atoms with Crippen LogP contribution < -0.4 is 15.5 Å². The van der Waals surface area contributed by atoms with Crippen molar-refractivity contribution >= 4 is 23.6 Å². The van der Waals surface area contributed by atoms with Crippen LogP contribution >= 0.6 is 0 Å². The third kappa shape index (κ3) is 3.10. The predicted molar refractivity (Wildman–Crippen MR) is 109 cm³/mol. The molecule has 3 heterocycles.